The van der Waals surface area contributed by atoms with Gasteiger partial charge in [0.1, 0.15) is 5.52 Å². The van der Waals surface area contributed by atoms with Crippen molar-refractivity contribution < 1.29 is 14.3 Å². The van der Waals surface area contributed by atoms with E-state index in [2.05, 4.69) is 24.7 Å². The first-order chi connectivity index (χ1) is 9.60. The molecule has 0 radical (unpaired) electrons. The average Bonchev–Trinajstić information content (AvgIpc) is 3.04. The number of imidazole rings is 1. The lowest BCUT2D eigenvalue weighted by molar-refractivity contribution is -0.145. The van der Waals surface area contributed by atoms with Crippen LogP contribution in [-0.2, 0) is 14.3 Å². The average molecular weight is 296 g/mol. The molecule has 20 heavy (non-hydrogen) atoms. The predicted molar refractivity (Wildman–Crippen MR) is 69.2 cm³/mol. The third-order valence-corrected chi connectivity index (χ3v) is 3.40. The molecule has 0 aliphatic carbocycles. The van der Waals surface area contributed by atoms with Crippen LogP contribution in [0.15, 0.2) is 6.33 Å². The highest BCUT2D eigenvalue weighted by Crippen LogP contribution is 2.26. The van der Waals surface area contributed by atoms with Gasteiger partial charge in [0.05, 0.1) is 19.4 Å². The second kappa shape index (κ2) is 4.71. The summed E-state index contributed by atoms with van der Waals surface area (Å²) >= 11 is 6.00. The Kier molecular flexibility index (Phi) is 3.01. The van der Waals surface area contributed by atoms with Gasteiger partial charge in [0.2, 0.25) is 11.9 Å². The number of nitrogens with zero attached hydrogens (tertiary/aromatic N) is 4. The van der Waals surface area contributed by atoms with Gasteiger partial charge in [-0.15, -0.1) is 0 Å². The summed E-state index contributed by atoms with van der Waals surface area (Å²) in [7, 11) is 1.29. The quantitative estimate of drug-likeness (QED) is 0.641. The van der Waals surface area contributed by atoms with E-state index in [1.807, 2.05) is 0 Å². The summed E-state index contributed by atoms with van der Waals surface area (Å²) in [4.78, 5) is 39.8. The fraction of sp³-hybridized carbons (Fsp3) is 0.364. The van der Waals surface area contributed by atoms with Crippen molar-refractivity contribution in [2.45, 2.75) is 6.42 Å². The Morgan fingerprint density at radius 3 is 3.10 bits per heavy atom. The van der Waals surface area contributed by atoms with Gasteiger partial charge in [0, 0.05) is 13.0 Å². The molecule has 2 aromatic rings. The zero-order chi connectivity index (χ0) is 14.3. The number of carbonyl (C=O) groups is 2. The minimum atomic E-state index is -0.509. The van der Waals surface area contributed by atoms with Crippen molar-refractivity contribution in [3.63, 3.8) is 0 Å². The fourth-order valence-corrected chi connectivity index (χ4v) is 2.35. The smallest absolute Gasteiger partial charge is 0.311 e. The molecule has 2 aromatic heterocycles. The van der Waals surface area contributed by atoms with Crippen LogP contribution in [0.2, 0.25) is 5.15 Å². The number of aromatic amines is 1. The van der Waals surface area contributed by atoms with Crippen LogP contribution in [0.4, 0.5) is 5.95 Å². The van der Waals surface area contributed by atoms with E-state index in [1.54, 1.807) is 0 Å². The molecule has 104 valence electrons. The number of anilines is 1. The first kappa shape index (κ1) is 12.8. The van der Waals surface area contributed by atoms with Crippen molar-refractivity contribution in [1.82, 2.24) is 19.9 Å². The zero-order valence-electron chi connectivity index (χ0n) is 10.5. The summed E-state index contributed by atoms with van der Waals surface area (Å²) in [6.45, 7) is 0.178. The van der Waals surface area contributed by atoms with Gasteiger partial charge < -0.3 is 9.72 Å². The lowest BCUT2D eigenvalue weighted by Crippen LogP contribution is -2.28. The molecule has 9 heteroatoms. The van der Waals surface area contributed by atoms with Crippen molar-refractivity contribution in [3.05, 3.63) is 11.5 Å². The highest BCUT2D eigenvalue weighted by molar-refractivity contribution is 6.33. The molecule has 1 amide bonds. The van der Waals surface area contributed by atoms with Crippen molar-refractivity contribution >= 4 is 40.6 Å². The number of methoxy groups -OCH3 is 1. The van der Waals surface area contributed by atoms with Gasteiger partial charge >= 0.3 is 5.97 Å². The van der Waals surface area contributed by atoms with Crippen molar-refractivity contribution in [3.8, 4) is 0 Å². The number of fused-ring (bicyclic) bond motifs is 1. The molecular weight excluding hydrogens is 286 g/mol. The second-order valence-electron chi connectivity index (χ2n) is 4.34. The van der Waals surface area contributed by atoms with Crippen molar-refractivity contribution in [2.24, 2.45) is 5.92 Å². The van der Waals surface area contributed by atoms with Crippen molar-refractivity contribution in [1.29, 1.82) is 0 Å². The Morgan fingerprint density at radius 2 is 2.35 bits per heavy atom. The molecule has 1 unspecified atom stereocenters. The van der Waals surface area contributed by atoms with Crippen LogP contribution in [0.1, 0.15) is 6.42 Å². The van der Waals surface area contributed by atoms with Crippen LogP contribution >= 0.6 is 11.6 Å². The van der Waals surface area contributed by atoms with Crippen LogP contribution < -0.4 is 4.90 Å². The molecule has 1 atom stereocenters. The number of nitrogens with one attached hydrogen (secondary N) is 1. The zero-order valence-corrected chi connectivity index (χ0v) is 11.2. The molecule has 1 N–H and O–H groups in total. The highest BCUT2D eigenvalue weighted by atomic mass is 35.5. The van der Waals surface area contributed by atoms with E-state index in [-0.39, 0.29) is 30.0 Å². The van der Waals surface area contributed by atoms with Gasteiger partial charge in [-0.1, -0.05) is 11.6 Å². The SMILES string of the molecule is COC(=O)C1CC(=O)N(c2nc(Cl)c3[nH]cnc3n2)C1. The number of amides is 1. The number of carbonyl (C=O) groups excluding carboxylic acids is 2. The maximum atomic E-state index is 12.0. The van der Waals surface area contributed by atoms with E-state index in [4.69, 9.17) is 11.6 Å². The van der Waals surface area contributed by atoms with Crippen LogP contribution in [0, 0.1) is 5.92 Å². The molecule has 1 fully saturated rings. The summed E-state index contributed by atoms with van der Waals surface area (Å²) < 4.78 is 4.65. The fourth-order valence-electron chi connectivity index (χ4n) is 2.13. The monoisotopic (exact) mass is 295 g/mol. The third-order valence-electron chi connectivity index (χ3n) is 3.13. The number of hydrogen-bond acceptors (Lipinski definition) is 6. The Balaban J connectivity index is 1.95. The Bertz CT molecular complexity index is 700. The number of H-pyrrole nitrogens is 1. The van der Waals surface area contributed by atoms with E-state index >= 15 is 0 Å². The van der Waals surface area contributed by atoms with E-state index in [0.717, 1.165) is 0 Å². The van der Waals surface area contributed by atoms with E-state index in [1.165, 1.54) is 18.3 Å². The molecule has 1 aliphatic heterocycles. The number of halogens is 1. The molecule has 1 saturated heterocycles. The van der Waals surface area contributed by atoms with Gasteiger partial charge in [-0.25, -0.2) is 4.98 Å². The third kappa shape index (κ3) is 1.97. The normalized spacial score (nSPS) is 18.8. The molecule has 8 nitrogen and oxygen atoms in total. The van der Waals surface area contributed by atoms with E-state index in [9.17, 15) is 9.59 Å². The lowest BCUT2D eigenvalue weighted by Gasteiger charge is -2.13. The summed E-state index contributed by atoms with van der Waals surface area (Å²) in [5.41, 5.74) is 0.876. The Hall–Kier alpha value is -2.22. The first-order valence-corrected chi connectivity index (χ1v) is 6.22. The minimum absolute atomic E-state index is 0.0756. The summed E-state index contributed by atoms with van der Waals surface area (Å²) in [6, 6.07) is 0. The highest BCUT2D eigenvalue weighted by Gasteiger charge is 2.37. The lowest BCUT2D eigenvalue weighted by atomic mass is 10.1. The number of esters is 1. The number of hydrogen-bond donors (Lipinski definition) is 1. The van der Waals surface area contributed by atoms with Gasteiger partial charge in [-0.2, -0.15) is 9.97 Å². The molecule has 1 aliphatic rings. The topological polar surface area (TPSA) is 101 Å². The first-order valence-electron chi connectivity index (χ1n) is 5.85. The molecular formula is C11H10ClN5O3. The number of aromatic nitrogens is 4. The second-order valence-corrected chi connectivity index (χ2v) is 4.70. The Labute approximate surface area is 118 Å². The molecule has 0 bridgehead atoms. The van der Waals surface area contributed by atoms with Crippen molar-refractivity contribution in [2.75, 3.05) is 18.6 Å². The maximum Gasteiger partial charge on any atom is 0.311 e. The van der Waals surface area contributed by atoms with E-state index < -0.39 is 11.9 Å². The van der Waals surface area contributed by atoms with E-state index in [0.29, 0.717) is 11.2 Å². The van der Waals surface area contributed by atoms with Crippen LogP contribution in [0.25, 0.3) is 11.2 Å². The van der Waals surface area contributed by atoms with Crippen LogP contribution in [0.3, 0.4) is 0 Å². The summed E-state index contributed by atoms with van der Waals surface area (Å²) in [5.74, 6) is -1.03. The summed E-state index contributed by atoms with van der Waals surface area (Å²) in [6.07, 6.45) is 1.52. The van der Waals surface area contributed by atoms with Crippen LogP contribution in [-0.4, -0.2) is 45.5 Å². The predicted octanol–water partition coefficient (Wildman–Crippen LogP) is 0.532. The molecule has 3 rings (SSSR count). The van der Waals surface area contributed by atoms with Gasteiger partial charge in [0.25, 0.3) is 0 Å². The van der Waals surface area contributed by atoms with Crippen LogP contribution in [0.5, 0.6) is 0 Å². The molecule has 0 saturated carbocycles. The molecule has 0 aromatic carbocycles. The number of ether oxygens (including phenoxy) is 1. The summed E-state index contributed by atoms with van der Waals surface area (Å²) in [5, 5.41) is 0.178. The van der Waals surface area contributed by atoms with Gasteiger partial charge in [0.15, 0.2) is 10.8 Å². The largest absolute Gasteiger partial charge is 0.469 e. The maximum absolute atomic E-state index is 12.0. The standard InChI is InChI=1S/C11H10ClN5O3/c1-20-10(19)5-2-6(18)17(3-5)11-15-8(12)7-9(16-11)14-4-13-7/h4-5H,2-3H2,1H3,(H,13,14,15,16). The van der Waals surface area contributed by atoms with Gasteiger partial charge in [-0.05, 0) is 0 Å². The minimum Gasteiger partial charge on any atom is -0.469 e. The Morgan fingerprint density at radius 1 is 1.55 bits per heavy atom. The molecule has 0 spiro atoms. The van der Waals surface area contributed by atoms with Gasteiger partial charge in [-0.3, -0.25) is 14.5 Å². The number of rotatable bonds is 2. The molecule has 3 heterocycles.